The summed E-state index contributed by atoms with van der Waals surface area (Å²) in [6.45, 7) is 0. The van der Waals surface area contributed by atoms with Crippen LogP contribution in [-0.2, 0) is 0 Å². The number of fused-ring (bicyclic) bond motifs is 2. The van der Waals surface area contributed by atoms with Crippen LogP contribution in [0.1, 0.15) is 67.1 Å². The van der Waals surface area contributed by atoms with E-state index in [1.807, 2.05) is 6.07 Å². The van der Waals surface area contributed by atoms with Gasteiger partial charge in [0, 0.05) is 30.1 Å². The highest BCUT2D eigenvalue weighted by Crippen LogP contribution is 2.40. The fourth-order valence-corrected chi connectivity index (χ4v) is 3.60. The molecule has 0 unspecified atom stereocenters. The van der Waals surface area contributed by atoms with Crippen molar-refractivity contribution in [1.29, 1.82) is 0 Å². The molecule has 2 N–H and O–H groups in total. The van der Waals surface area contributed by atoms with Gasteiger partial charge >= 0.3 is 0 Å². The summed E-state index contributed by atoms with van der Waals surface area (Å²) in [6.07, 6.45) is 8.18. The number of aromatic nitrogens is 1. The third-order valence-corrected chi connectivity index (χ3v) is 4.79. The first kappa shape index (κ1) is 12.4. The fraction of sp³-hybridized carbons (Fsp3) is 0.733. The van der Waals surface area contributed by atoms with Crippen LogP contribution in [0.25, 0.3) is 0 Å². The van der Waals surface area contributed by atoms with E-state index in [1.54, 1.807) is 0 Å². The van der Waals surface area contributed by atoms with Gasteiger partial charge in [0.05, 0.1) is 0 Å². The van der Waals surface area contributed by atoms with Crippen molar-refractivity contribution in [3.05, 3.63) is 17.5 Å². The van der Waals surface area contributed by atoms with Crippen LogP contribution in [0.2, 0.25) is 0 Å². The fourth-order valence-electron chi connectivity index (χ4n) is 3.60. The molecule has 0 spiro atoms. The molecule has 3 atom stereocenters. The second-order valence-electron chi connectivity index (χ2n) is 6.52. The van der Waals surface area contributed by atoms with E-state index in [1.165, 1.54) is 19.3 Å². The molecular formula is C15H21N3O2. The monoisotopic (exact) mass is 275 g/mol. The number of rotatable bonds is 3. The van der Waals surface area contributed by atoms with Crippen molar-refractivity contribution in [2.45, 2.75) is 69.0 Å². The Morgan fingerprint density at radius 3 is 2.70 bits per heavy atom. The zero-order valence-electron chi connectivity index (χ0n) is 11.6. The van der Waals surface area contributed by atoms with Gasteiger partial charge in [-0.2, -0.15) is 0 Å². The van der Waals surface area contributed by atoms with Gasteiger partial charge in [0.25, 0.3) is 5.91 Å². The average molecular weight is 275 g/mol. The molecule has 1 aromatic heterocycles. The summed E-state index contributed by atoms with van der Waals surface area (Å²) in [5.41, 5.74) is 0.440. The molecule has 2 bridgehead atoms. The zero-order chi connectivity index (χ0) is 13.5. The molecule has 1 aliphatic carbocycles. The second kappa shape index (κ2) is 4.88. The molecule has 20 heavy (non-hydrogen) atoms. The van der Waals surface area contributed by atoms with E-state index in [2.05, 4.69) is 15.8 Å². The van der Waals surface area contributed by atoms with Crippen molar-refractivity contribution >= 4 is 5.91 Å². The highest BCUT2D eigenvalue weighted by molar-refractivity contribution is 5.92. The summed E-state index contributed by atoms with van der Waals surface area (Å²) in [4.78, 5) is 12.2. The predicted molar refractivity (Wildman–Crippen MR) is 73.5 cm³/mol. The van der Waals surface area contributed by atoms with Crippen molar-refractivity contribution in [3.8, 4) is 0 Å². The van der Waals surface area contributed by atoms with Gasteiger partial charge in [-0.3, -0.25) is 4.79 Å². The molecule has 5 heteroatoms. The van der Waals surface area contributed by atoms with Crippen LogP contribution in [-0.4, -0.2) is 29.2 Å². The summed E-state index contributed by atoms with van der Waals surface area (Å²) in [5.74, 6) is 1.30. The van der Waals surface area contributed by atoms with E-state index < -0.39 is 0 Å². The molecule has 4 rings (SSSR count). The standard InChI is InChI=1S/C15H21N3O2/c19-15(13-8-14(20-18-13)9-4-5-9)17-12-6-10-2-1-3-11(7-12)16-10/h8-12,16H,1-7H2,(H,17,19)/t10-,11+,12-. The van der Waals surface area contributed by atoms with E-state index in [9.17, 15) is 4.79 Å². The maximum Gasteiger partial charge on any atom is 0.273 e. The number of nitrogens with zero attached hydrogens (tertiary/aromatic N) is 1. The Morgan fingerprint density at radius 1 is 1.25 bits per heavy atom. The molecule has 1 amide bonds. The second-order valence-corrected chi connectivity index (χ2v) is 6.52. The maximum absolute atomic E-state index is 12.2. The number of amides is 1. The summed E-state index contributed by atoms with van der Waals surface area (Å²) in [7, 11) is 0. The van der Waals surface area contributed by atoms with Crippen molar-refractivity contribution in [2.24, 2.45) is 0 Å². The number of carbonyl (C=O) groups excluding carboxylic acids is 1. The molecule has 1 saturated carbocycles. The smallest absolute Gasteiger partial charge is 0.273 e. The molecule has 0 aromatic carbocycles. The molecule has 2 saturated heterocycles. The summed E-state index contributed by atoms with van der Waals surface area (Å²) >= 11 is 0. The Labute approximate surface area is 118 Å². The Morgan fingerprint density at radius 2 is 2.00 bits per heavy atom. The third-order valence-electron chi connectivity index (χ3n) is 4.79. The summed E-state index contributed by atoms with van der Waals surface area (Å²) in [6, 6.07) is 3.24. The Balaban J connectivity index is 1.38. The first-order valence-electron chi connectivity index (χ1n) is 7.81. The quantitative estimate of drug-likeness (QED) is 0.885. The molecule has 3 fully saturated rings. The van der Waals surface area contributed by atoms with E-state index in [0.717, 1.165) is 31.4 Å². The topological polar surface area (TPSA) is 67.2 Å². The summed E-state index contributed by atoms with van der Waals surface area (Å²) < 4.78 is 5.25. The first-order chi connectivity index (χ1) is 9.78. The largest absolute Gasteiger partial charge is 0.360 e. The number of carbonyl (C=O) groups is 1. The van der Waals surface area contributed by atoms with Crippen LogP contribution in [0.4, 0.5) is 0 Å². The molecule has 3 aliphatic rings. The van der Waals surface area contributed by atoms with Crippen molar-refractivity contribution in [3.63, 3.8) is 0 Å². The average Bonchev–Trinajstić information content (AvgIpc) is 3.16. The SMILES string of the molecule is O=C(N[C@@H]1C[C@H]2CCC[C@@H](C1)N2)c1cc(C2CC2)on1. The van der Waals surface area contributed by atoms with Crippen molar-refractivity contribution in [2.75, 3.05) is 0 Å². The number of nitrogens with one attached hydrogen (secondary N) is 2. The lowest BCUT2D eigenvalue weighted by molar-refractivity contribution is 0.0898. The maximum atomic E-state index is 12.2. The van der Waals surface area contributed by atoms with Gasteiger partial charge < -0.3 is 15.2 Å². The van der Waals surface area contributed by atoms with E-state index in [4.69, 9.17) is 4.52 Å². The van der Waals surface area contributed by atoms with E-state index in [-0.39, 0.29) is 11.9 Å². The molecule has 108 valence electrons. The van der Waals surface area contributed by atoms with Crippen LogP contribution >= 0.6 is 0 Å². The minimum atomic E-state index is -0.0781. The van der Waals surface area contributed by atoms with Crippen molar-refractivity contribution < 1.29 is 9.32 Å². The van der Waals surface area contributed by atoms with Gasteiger partial charge in [0.1, 0.15) is 5.76 Å². The zero-order valence-corrected chi connectivity index (χ0v) is 11.6. The lowest BCUT2D eigenvalue weighted by Gasteiger charge is -2.40. The highest BCUT2D eigenvalue weighted by Gasteiger charge is 2.33. The number of hydrogen-bond acceptors (Lipinski definition) is 4. The van der Waals surface area contributed by atoms with E-state index >= 15 is 0 Å². The Kier molecular flexibility index (Phi) is 3.02. The molecule has 5 nitrogen and oxygen atoms in total. The van der Waals surface area contributed by atoms with Gasteiger partial charge in [0.2, 0.25) is 0 Å². The molecule has 0 radical (unpaired) electrons. The van der Waals surface area contributed by atoms with Crippen LogP contribution in [0.5, 0.6) is 0 Å². The molecule has 2 aliphatic heterocycles. The Hall–Kier alpha value is -1.36. The minimum absolute atomic E-state index is 0.0781. The van der Waals surface area contributed by atoms with Crippen molar-refractivity contribution in [1.82, 2.24) is 15.8 Å². The Bertz CT molecular complexity index is 497. The van der Waals surface area contributed by atoms with Crippen LogP contribution in [0.15, 0.2) is 10.6 Å². The van der Waals surface area contributed by atoms with Gasteiger partial charge in [0.15, 0.2) is 5.69 Å². The van der Waals surface area contributed by atoms with Crippen LogP contribution < -0.4 is 10.6 Å². The van der Waals surface area contributed by atoms with Crippen LogP contribution in [0, 0.1) is 0 Å². The van der Waals surface area contributed by atoms with Gasteiger partial charge in [-0.25, -0.2) is 0 Å². The molecule has 3 heterocycles. The van der Waals surface area contributed by atoms with Gasteiger partial charge in [-0.15, -0.1) is 0 Å². The third kappa shape index (κ3) is 2.46. The number of hydrogen-bond donors (Lipinski definition) is 2. The molecular weight excluding hydrogens is 254 g/mol. The lowest BCUT2D eigenvalue weighted by Crippen LogP contribution is -2.54. The number of piperidine rings is 2. The van der Waals surface area contributed by atoms with Gasteiger partial charge in [-0.1, -0.05) is 11.6 Å². The van der Waals surface area contributed by atoms with E-state index in [0.29, 0.717) is 23.7 Å². The van der Waals surface area contributed by atoms with Crippen LogP contribution in [0.3, 0.4) is 0 Å². The summed E-state index contributed by atoms with van der Waals surface area (Å²) in [5, 5.41) is 10.7. The molecule has 1 aromatic rings. The predicted octanol–water partition coefficient (Wildman–Crippen LogP) is 1.95. The highest BCUT2D eigenvalue weighted by atomic mass is 16.5. The first-order valence-corrected chi connectivity index (χ1v) is 7.81. The lowest BCUT2D eigenvalue weighted by atomic mass is 9.84. The normalized spacial score (nSPS) is 32.9. The minimum Gasteiger partial charge on any atom is -0.360 e. The van der Waals surface area contributed by atoms with Gasteiger partial charge in [-0.05, 0) is 38.5 Å².